The Balaban J connectivity index is 2.71. The van der Waals surface area contributed by atoms with Crippen molar-refractivity contribution in [2.45, 2.75) is 52.4 Å². The number of rotatable bonds is 2. The first-order chi connectivity index (χ1) is 9.00. The monoisotopic (exact) mass is 296 g/mol. The Morgan fingerprint density at radius 2 is 2.00 bits per heavy atom. The van der Waals surface area contributed by atoms with Gasteiger partial charge in [0, 0.05) is 6.54 Å². The molecule has 1 N–H and O–H groups in total. The first-order valence-electron chi connectivity index (χ1n) is 6.72. The minimum Gasteiger partial charge on any atom is -0.377 e. The summed E-state index contributed by atoms with van der Waals surface area (Å²) in [7, 11) is 0. The van der Waals surface area contributed by atoms with Gasteiger partial charge in [-0.25, -0.2) is 4.79 Å². The van der Waals surface area contributed by atoms with Gasteiger partial charge in [0.05, 0.1) is 19.3 Å². The highest BCUT2D eigenvalue weighted by molar-refractivity contribution is 5.75. The standard InChI is InChI=1S/C13H23F3N2O2/c1-9-8-20-6-5-18(9)11(19)17-10(13(14,15)16)7-12(2,3)4/h9-10H,5-8H2,1-4H3,(H,17,19). The molecule has 0 radical (unpaired) electrons. The van der Waals surface area contributed by atoms with Crippen molar-refractivity contribution in [2.75, 3.05) is 19.8 Å². The topological polar surface area (TPSA) is 41.6 Å². The third kappa shape index (κ3) is 5.19. The second kappa shape index (κ2) is 6.20. The fraction of sp³-hybridized carbons (Fsp3) is 0.923. The molecule has 2 amide bonds. The van der Waals surface area contributed by atoms with Crippen LogP contribution in [0.2, 0.25) is 0 Å². The van der Waals surface area contributed by atoms with Crippen LogP contribution in [0.1, 0.15) is 34.1 Å². The van der Waals surface area contributed by atoms with Crippen molar-refractivity contribution in [3.8, 4) is 0 Å². The summed E-state index contributed by atoms with van der Waals surface area (Å²) in [6.45, 7) is 7.93. The van der Waals surface area contributed by atoms with Crippen LogP contribution in [-0.4, -0.2) is 48.9 Å². The molecule has 0 aromatic carbocycles. The maximum Gasteiger partial charge on any atom is 0.408 e. The Morgan fingerprint density at radius 1 is 1.40 bits per heavy atom. The lowest BCUT2D eigenvalue weighted by atomic mass is 9.88. The van der Waals surface area contributed by atoms with E-state index in [1.807, 2.05) is 0 Å². The summed E-state index contributed by atoms with van der Waals surface area (Å²) in [5.41, 5.74) is -0.524. The normalized spacial score (nSPS) is 22.6. The molecule has 7 heteroatoms. The predicted molar refractivity (Wildman–Crippen MR) is 69.4 cm³/mol. The third-order valence-electron chi connectivity index (χ3n) is 3.14. The van der Waals surface area contributed by atoms with Crippen molar-refractivity contribution in [3.63, 3.8) is 0 Å². The number of alkyl halides is 3. The molecule has 118 valence electrons. The zero-order chi connectivity index (χ0) is 15.6. The van der Waals surface area contributed by atoms with E-state index < -0.39 is 23.7 Å². The number of nitrogens with one attached hydrogen (secondary N) is 1. The van der Waals surface area contributed by atoms with E-state index in [2.05, 4.69) is 5.32 Å². The SMILES string of the molecule is CC1COCCN1C(=O)NC(CC(C)(C)C)C(F)(F)F. The molecule has 1 fully saturated rings. The average molecular weight is 296 g/mol. The molecule has 0 spiro atoms. The highest BCUT2D eigenvalue weighted by Crippen LogP contribution is 2.30. The van der Waals surface area contributed by atoms with Crippen LogP contribution in [0.5, 0.6) is 0 Å². The number of hydrogen-bond acceptors (Lipinski definition) is 2. The van der Waals surface area contributed by atoms with Gasteiger partial charge < -0.3 is 15.0 Å². The van der Waals surface area contributed by atoms with E-state index in [1.165, 1.54) is 4.90 Å². The van der Waals surface area contributed by atoms with Crippen molar-refractivity contribution in [3.05, 3.63) is 0 Å². The van der Waals surface area contributed by atoms with Crippen LogP contribution in [0.15, 0.2) is 0 Å². The maximum absolute atomic E-state index is 13.0. The molecule has 0 aliphatic carbocycles. The Bertz CT molecular complexity index is 339. The maximum atomic E-state index is 13.0. The molecule has 1 saturated heterocycles. The molecule has 2 unspecified atom stereocenters. The Morgan fingerprint density at radius 3 is 2.45 bits per heavy atom. The van der Waals surface area contributed by atoms with E-state index >= 15 is 0 Å². The lowest BCUT2D eigenvalue weighted by molar-refractivity contribution is -0.160. The van der Waals surface area contributed by atoms with Gasteiger partial charge in [-0.15, -0.1) is 0 Å². The predicted octanol–water partition coefficient (Wildman–Crippen LogP) is 2.78. The van der Waals surface area contributed by atoms with Crippen molar-refractivity contribution in [2.24, 2.45) is 5.41 Å². The van der Waals surface area contributed by atoms with Gasteiger partial charge in [-0.3, -0.25) is 0 Å². The summed E-state index contributed by atoms with van der Waals surface area (Å²) < 4.78 is 44.2. The number of nitrogens with zero attached hydrogens (tertiary/aromatic N) is 1. The van der Waals surface area contributed by atoms with Crippen molar-refractivity contribution < 1.29 is 22.7 Å². The van der Waals surface area contributed by atoms with Crippen LogP contribution in [0.25, 0.3) is 0 Å². The number of morpholine rings is 1. The fourth-order valence-electron chi connectivity index (χ4n) is 2.12. The summed E-state index contributed by atoms with van der Waals surface area (Å²) in [6.07, 6.45) is -4.60. The Labute approximate surface area is 117 Å². The largest absolute Gasteiger partial charge is 0.408 e. The Hall–Kier alpha value is -0.980. The molecular formula is C13H23F3N2O2. The molecule has 1 rings (SSSR count). The summed E-state index contributed by atoms with van der Waals surface area (Å²) in [4.78, 5) is 13.4. The molecular weight excluding hydrogens is 273 g/mol. The zero-order valence-corrected chi connectivity index (χ0v) is 12.4. The fourth-order valence-corrected chi connectivity index (χ4v) is 2.12. The van der Waals surface area contributed by atoms with Gasteiger partial charge in [-0.05, 0) is 18.8 Å². The third-order valence-corrected chi connectivity index (χ3v) is 3.14. The van der Waals surface area contributed by atoms with E-state index in [9.17, 15) is 18.0 Å². The smallest absolute Gasteiger partial charge is 0.377 e. The van der Waals surface area contributed by atoms with Crippen molar-refractivity contribution in [1.29, 1.82) is 0 Å². The first kappa shape index (κ1) is 17.1. The van der Waals surface area contributed by atoms with Crippen LogP contribution in [-0.2, 0) is 4.74 Å². The second-order valence-corrected chi connectivity index (χ2v) is 6.43. The van der Waals surface area contributed by atoms with Gasteiger partial charge in [0.15, 0.2) is 0 Å². The molecule has 20 heavy (non-hydrogen) atoms. The molecule has 0 aromatic rings. The highest BCUT2D eigenvalue weighted by atomic mass is 19.4. The average Bonchev–Trinajstić information content (AvgIpc) is 2.25. The molecule has 4 nitrogen and oxygen atoms in total. The number of urea groups is 1. The number of carbonyl (C=O) groups is 1. The molecule has 2 atom stereocenters. The summed E-state index contributed by atoms with van der Waals surface area (Å²) in [6, 6.07) is -2.72. The number of hydrogen-bond donors (Lipinski definition) is 1. The minimum absolute atomic E-state index is 0.152. The van der Waals surface area contributed by atoms with Gasteiger partial charge in [0.2, 0.25) is 0 Å². The summed E-state index contributed by atoms with van der Waals surface area (Å²) in [5.74, 6) is 0. The molecule has 1 aliphatic rings. The quantitative estimate of drug-likeness (QED) is 0.851. The van der Waals surface area contributed by atoms with E-state index in [1.54, 1.807) is 27.7 Å². The molecule has 1 aliphatic heterocycles. The van der Waals surface area contributed by atoms with Gasteiger partial charge in [0.1, 0.15) is 6.04 Å². The molecule has 0 bridgehead atoms. The first-order valence-corrected chi connectivity index (χ1v) is 6.72. The van der Waals surface area contributed by atoms with E-state index in [0.717, 1.165) is 0 Å². The van der Waals surface area contributed by atoms with Crippen LogP contribution >= 0.6 is 0 Å². The van der Waals surface area contributed by atoms with E-state index in [-0.39, 0.29) is 12.5 Å². The highest BCUT2D eigenvalue weighted by Gasteiger charge is 2.43. The number of carbonyl (C=O) groups excluding carboxylic acids is 1. The Kier molecular flexibility index (Phi) is 5.29. The van der Waals surface area contributed by atoms with E-state index in [0.29, 0.717) is 19.8 Å². The zero-order valence-electron chi connectivity index (χ0n) is 12.4. The van der Waals surface area contributed by atoms with Gasteiger partial charge in [-0.2, -0.15) is 13.2 Å². The summed E-state index contributed by atoms with van der Waals surface area (Å²) in [5, 5.41) is 2.12. The molecule has 0 aromatic heterocycles. The van der Waals surface area contributed by atoms with Gasteiger partial charge in [0.25, 0.3) is 0 Å². The van der Waals surface area contributed by atoms with Crippen molar-refractivity contribution in [1.82, 2.24) is 10.2 Å². The summed E-state index contributed by atoms with van der Waals surface area (Å²) >= 11 is 0. The van der Waals surface area contributed by atoms with Gasteiger partial charge >= 0.3 is 12.2 Å². The van der Waals surface area contributed by atoms with Gasteiger partial charge in [-0.1, -0.05) is 20.8 Å². The number of amides is 2. The number of ether oxygens (including phenoxy) is 1. The van der Waals surface area contributed by atoms with Crippen LogP contribution in [0.4, 0.5) is 18.0 Å². The van der Waals surface area contributed by atoms with E-state index in [4.69, 9.17) is 4.74 Å². The lowest BCUT2D eigenvalue weighted by Crippen LogP contribution is -2.56. The molecule has 1 heterocycles. The second-order valence-electron chi connectivity index (χ2n) is 6.43. The lowest BCUT2D eigenvalue weighted by Gasteiger charge is -2.36. The van der Waals surface area contributed by atoms with Crippen LogP contribution < -0.4 is 5.32 Å². The van der Waals surface area contributed by atoms with Crippen LogP contribution in [0.3, 0.4) is 0 Å². The minimum atomic E-state index is -4.45. The van der Waals surface area contributed by atoms with Crippen LogP contribution in [0, 0.1) is 5.41 Å². The van der Waals surface area contributed by atoms with Crippen molar-refractivity contribution >= 4 is 6.03 Å². The number of halogens is 3. The molecule has 0 saturated carbocycles.